The second-order valence-corrected chi connectivity index (χ2v) is 17.3. The molecule has 0 bridgehead atoms. The van der Waals surface area contributed by atoms with Crippen LogP contribution in [0.2, 0.25) is 0 Å². The van der Waals surface area contributed by atoms with Gasteiger partial charge in [-0.15, -0.1) is 0 Å². The smallest absolute Gasteiger partial charge is 0.306 e. The molecule has 0 N–H and O–H groups in total. The standard InChI is InChI=1S/C60H91NO8/c1-6-8-10-12-14-16-18-20-21-22-23-24-25-26-27-28-29-30-31-32-33-34-35-36-37-39-41-43-45-47-49-51-58(63)69-56(55-68-60(59(64)65)66-53-52-61(3,4)5)54-67-57(62)50-48-46-44-42-40-38-19-17-15-13-11-9-7-2/h8-11,14-17,20-21,23-24,26-27,29-30,32-33,35-36,38-41,44,46,56,60H,6-7,12-13,18-19,22,25,28,31,34,37,42-43,45,47-55H2,1-5H3/b10-8-,11-9-,16-14-,17-15-,21-20-,24-23-,27-26-,30-29-,33-32-,36-35-,40-38-,41-39-,46-44-. The number of hydrogen-bond donors (Lipinski definition) is 0. The molecule has 2 atom stereocenters. The van der Waals surface area contributed by atoms with E-state index < -0.39 is 30.3 Å². The number of aliphatic carboxylic acids is 1. The number of carbonyl (C=O) groups excluding carboxylic acids is 3. The van der Waals surface area contributed by atoms with E-state index in [1.165, 1.54) is 0 Å². The Morgan fingerprint density at radius 2 is 0.812 bits per heavy atom. The van der Waals surface area contributed by atoms with Crippen LogP contribution in [0.4, 0.5) is 0 Å². The van der Waals surface area contributed by atoms with Gasteiger partial charge in [-0.3, -0.25) is 9.59 Å². The third-order valence-electron chi connectivity index (χ3n) is 9.78. The first-order chi connectivity index (χ1) is 33.6. The van der Waals surface area contributed by atoms with Gasteiger partial charge in [0.1, 0.15) is 13.2 Å². The molecule has 0 fully saturated rings. The lowest BCUT2D eigenvalue weighted by Gasteiger charge is -2.26. The van der Waals surface area contributed by atoms with Gasteiger partial charge in [0.15, 0.2) is 12.4 Å². The zero-order valence-corrected chi connectivity index (χ0v) is 43.3. The molecule has 0 saturated carbocycles. The van der Waals surface area contributed by atoms with E-state index in [1.54, 1.807) is 0 Å². The van der Waals surface area contributed by atoms with E-state index in [1.807, 2.05) is 33.3 Å². The second-order valence-electron chi connectivity index (χ2n) is 17.3. The molecule has 0 aliphatic carbocycles. The third-order valence-corrected chi connectivity index (χ3v) is 9.78. The number of carboxylic acids is 1. The Balaban J connectivity index is 4.45. The Hall–Kier alpha value is -5.09. The molecule has 0 saturated heterocycles. The lowest BCUT2D eigenvalue weighted by Crippen LogP contribution is -2.44. The van der Waals surface area contributed by atoms with E-state index >= 15 is 0 Å². The fourth-order valence-electron chi connectivity index (χ4n) is 5.89. The summed E-state index contributed by atoms with van der Waals surface area (Å²) in [5.74, 6) is -2.47. The van der Waals surface area contributed by atoms with Gasteiger partial charge in [-0.2, -0.15) is 0 Å². The van der Waals surface area contributed by atoms with Crippen LogP contribution in [0.3, 0.4) is 0 Å². The molecule has 0 aromatic heterocycles. The normalized spacial score (nSPS) is 14.2. The maximum absolute atomic E-state index is 12.8. The van der Waals surface area contributed by atoms with Crippen molar-refractivity contribution >= 4 is 17.9 Å². The predicted octanol–water partition coefficient (Wildman–Crippen LogP) is 13.3. The van der Waals surface area contributed by atoms with Crippen molar-refractivity contribution in [3.05, 3.63) is 158 Å². The van der Waals surface area contributed by atoms with Crippen molar-refractivity contribution in [3.8, 4) is 0 Å². The summed E-state index contributed by atoms with van der Waals surface area (Å²) in [4.78, 5) is 37.0. The van der Waals surface area contributed by atoms with E-state index in [0.717, 1.165) is 103 Å². The van der Waals surface area contributed by atoms with Crippen LogP contribution >= 0.6 is 0 Å². The topological polar surface area (TPSA) is 111 Å². The Morgan fingerprint density at radius 1 is 0.435 bits per heavy atom. The van der Waals surface area contributed by atoms with Crippen LogP contribution in [0, 0.1) is 0 Å². The van der Waals surface area contributed by atoms with Gasteiger partial charge in [0.25, 0.3) is 0 Å². The first-order valence-electron chi connectivity index (χ1n) is 25.6. The van der Waals surface area contributed by atoms with E-state index in [0.29, 0.717) is 23.9 Å². The van der Waals surface area contributed by atoms with Crippen LogP contribution in [0.25, 0.3) is 0 Å². The summed E-state index contributed by atoms with van der Waals surface area (Å²) in [5.41, 5.74) is 0. The van der Waals surface area contributed by atoms with Crippen molar-refractivity contribution < 1.29 is 42.9 Å². The fraction of sp³-hybridized carbons (Fsp3) is 0.517. The van der Waals surface area contributed by atoms with Crippen LogP contribution in [-0.2, 0) is 33.3 Å². The average molecular weight is 954 g/mol. The summed E-state index contributed by atoms with van der Waals surface area (Å²) in [6.07, 6.45) is 70.3. The van der Waals surface area contributed by atoms with Crippen LogP contribution in [0.15, 0.2) is 158 Å². The number of carbonyl (C=O) groups is 3. The number of ether oxygens (including phenoxy) is 4. The highest BCUT2D eigenvalue weighted by atomic mass is 16.7. The minimum atomic E-state index is -1.66. The third kappa shape index (κ3) is 50.6. The number of esters is 2. The highest BCUT2D eigenvalue weighted by Crippen LogP contribution is 2.10. The highest BCUT2D eigenvalue weighted by Gasteiger charge is 2.21. The maximum atomic E-state index is 12.8. The number of rotatable bonds is 44. The Bertz CT molecular complexity index is 1680. The highest BCUT2D eigenvalue weighted by molar-refractivity contribution is 5.70. The van der Waals surface area contributed by atoms with Crippen LogP contribution in [-0.4, -0.2) is 82.3 Å². The number of quaternary nitrogens is 1. The zero-order valence-electron chi connectivity index (χ0n) is 43.3. The van der Waals surface area contributed by atoms with Gasteiger partial charge in [-0.25, -0.2) is 0 Å². The van der Waals surface area contributed by atoms with Gasteiger partial charge in [0, 0.05) is 12.8 Å². The number of allylic oxidation sites excluding steroid dienone is 26. The number of unbranched alkanes of at least 4 members (excludes halogenated alkanes) is 3. The largest absolute Gasteiger partial charge is 0.545 e. The first kappa shape index (κ1) is 63.9. The molecule has 9 heteroatoms. The molecule has 0 aliphatic rings. The molecule has 0 aromatic rings. The van der Waals surface area contributed by atoms with Gasteiger partial charge in [0.05, 0.1) is 40.3 Å². The molecule has 0 aliphatic heterocycles. The van der Waals surface area contributed by atoms with Crippen molar-refractivity contribution in [1.29, 1.82) is 0 Å². The second kappa shape index (κ2) is 49.3. The fourth-order valence-corrected chi connectivity index (χ4v) is 5.89. The summed E-state index contributed by atoms with van der Waals surface area (Å²) in [5, 5.41) is 11.7. The molecule has 9 nitrogen and oxygen atoms in total. The zero-order chi connectivity index (χ0) is 50.6. The molecule has 0 spiro atoms. The number of nitrogens with zero attached hydrogens (tertiary/aromatic N) is 1. The van der Waals surface area contributed by atoms with E-state index in [9.17, 15) is 19.5 Å². The molecule has 384 valence electrons. The minimum Gasteiger partial charge on any atom is -0.545 e. The van der Waals surface area contributed by atoms with Crippen LogP contribution in [0.1, 0.15) is 142 Å². The molecule has 0 radical (unpaired) electrons. The average Bonchev–Trinajstić information content (AvgIpc) is 3.31. The molecule has 69 heavy (non-hydrogen) atoms. The first-order valence-corrected chi connectivity index (χ1v) is 25.6. The van der Waals surface area contributed by atoms with E-state index in [-0.39, 0.29) is 32.7 Å². The SMILES string of the molecule is CC/C=C\C/C=C\C/C=C\C/C=C\C/C=C\C/C=C\C/C=C\C/C=C\C/C=C\CCCCCC(=O)OC(COC(=O)CC/C=C\C/C=C\C/C=C\C/C=C\CC)COC(OCC[N+](C)(C)C)C(=O)[O-]. The summed E-state index contributed by atoms with van der Waals surface area (Å²) in [6, 6.07) is 0. The van der Waals surface area contributed by atoms with Gasteiger partial charge in [0.2, 0.25) is 0 Å². The predicted molar refractivity (Wildman–Crippen MR) is 287 cm³/mol. The van der Waals surface area contributed by atoms with Crippen molar-refractivity contribution in [2.45, 2.75) is 155 Å². The van der Waals surface area contributed by atoms with Crippen molar-refractivity contribution in [2.75, 3.05) is 47.5 Å². The van der Waals surface area contributed by atoms with E-state index in [2.05, 4.69) is 160 Å². The molecular weight excluding hydrogens is 863 g/mol. The van der Waals surface area contributed by atoms with Gasteiger partial charge < -0.3 is 33.3 Å². The summed E-state index contributed by atoms with van der Waals surface area (Å²) in [7, 11) is 5.86. The summed E-state index contributed by atoms with van der Waals surface area (Å²) >= 11 is 0. The number of carboxylic acid groups (broad SMARTS) is 1. The molecule has 0 aromatic carbocycles. The van der Waals surface area contributed by atoms with Crippen molar-refractivity contribution in [1.82, 2.24) is 0 Å². The molecule has 0 amide bonds. The Labute approximate surface area is 419 Å². The van der Waals surface area contributed by atoms with Crippen LogP contribution in [0.5, 0.6) is 0 Å². The monoisotopic (exact) mass is 954 g/mol. The van der Waals surface area contributed by atoms with Gasteiger partial charge >= 0.3 is 11.9 Å². The lowest BCUT2D eigenvalue weighted by atomic mass is 10.1. The van der Waals surface area contributed by atoms with Crippen LogP contribution < -0.4 is 5.11 Å². The summed E-state index contributed by atoms with van der Waals surface area (Å²) in [6.45, 7) is 4.34. The van der Waals surface area contributed by atoms with Gasteiger partial charge in [-0.05, 0) is 109 Å². The van der Waals surface area contributed by atoms with Crippen molar-refractivity contribution in [2.24, 2.45) is 0 Å². The quantitative estimate of drug-likeness (QED) is 0.0195. The number of hydrogen-bond acceptors (Lipinski definition) is 8. The minimum absolute atomic E-state index is 0.120. The number of likely N-dealkylation sites (N-methyl/N-ethyl adjacent to an activating group) is 1. The lowest BCUT2D eigenvalue weighted by molar-refractivity contribution is -0.870. The summed E-state index contributed by atoms with van der Waals surface area (Å²) < 4.78 is 22.4. The Kier molecular flexibility index (Phi) is 45.7. The van der Waals surface area contributed by atoms with E-state index in [4.69, 9.17) is 18.9 Å². The Morgan fingerprint density at radius 3 is 1.19 bits per heavy atom. The molecule has 0 rings (SSSR count). The maximum Gasteiger partial charge on any atom is 0.306 e. The molecular formula is C60H91NO8. The molecule has 0 heterocycles. The molecule has 2 unspecified atom stereocenters. The van der Waals surface area contributed by atoms with Crippen molar-refractivity contribution in [3.63, 3.8) is 0 Å². The van der Waals surface area contributed by atoms with Gasteiger partial charge in [-0.1, -0.05) is 178 Å².